The molecule has 3 N–H and O–H groups in total. The molecule has 0 radical (unpaired) electrons. The van der Waals surface area contributed by atoms with Crippen LogP contribution >= 0.6 is 0 Å². The first kappa shape index (κ1) is 9.53. The van der Waals surface area contributed by atoms with Crippen molar-refractivity contribution in [1.82, 2.24) is 0 Å². The Labute approximate surface area is 85.5 Å². The van der Waals surface area contributed by atoms with Crippen LogP contribution in [0.4, 0.5) is 5.69 Å². The lowest BCUT2D eigenvalue weighted by Crippen LogP contribution is -2.35. The fourth-order valence-electron chi connectivity index (χ4n) is 2.11. The Morgan fingerprint density at radius 1 is 1.43 bits per heavy atom. The zero-order chi connectivity index (χ0) is 10.1. The molecule has 1 aliphatic heterocycles. The second kappa shape index (κ2) is 3.62. The first-order chi connectivity index (χ1) is 6.68. The molecule has 1 aromatic carbocycles. The number of benzene rings is 1. The van der Waals surface area contributed by atoms with E-state index < -0.39 is 0 Å². The first-order valence-electron chi connectivity index (χ1n) is 5.29. The maximum absolute atomic E-state index is 5.96. The van der Waals surface area contributed by atoms with E-state index in [4.69, 9.17) is 5.73 Å². The van der Waals surface area contributed by atoms with Crippen LogP contribution < -0.4 is 11.1 Å². The van der Waals surface area contributed by atoms with Gasteiger partial charge in [-0.1, -0.05) is 26.0 Å². The van der Waals surface area contributed by atoms with Crippen molar-refractivity contribution in [2.75, 3.05) is 11.9 Å². The highest BCUT2D eigenvalue weighted by molar-refractivity contribution is 5.57. The highest BCUT2D eigenvalue weighted by Gasteiger charge is 2.18. The van der Waals surface area contributed by atoms with E-state index in [-0.39, 0.29) is 6.04 Å². The molecule has 0 bridgehead atoms. The van der Waals surface area contributed by atoms with Gasteiger partial charge in [0, 0.05) is 18.3 Å². The van der Waals surface area contributed by atoms with Crippen LogP contribution in [0, 0.1) is 0 Å². The minimum absolute atomic E-state index is 0.266. The smallest absolute Gasteiger partial charge is 0.0376 e. The number of rotatable bonds is 1. The lowest BCUT2D eigenvalue weighted by atomic mass is 9.90. The molecule has 0 saturated carbocycles. The van der Waals surface area contributed by atoms with Crippen LogP contribution in [-0.2, 0) is 6.42 Å². The van der Waals surface area contributed by atoms with Crippen LogP contribution in [0.2, 0.25) is 0 Å². The van der Waals surface area contributed by atoms with E-state index in [0.717, 1.165) is 13.0 Å². The summed E-state index contributed by atoms with van der Waals surface area (Å²) in [6, 6.07) is 6.75. The van der Waals surface area contributed by atoms with E-state index >= 15 is 0 Å². The molecular weight excluding hydrogens is 172 g/mol. The third-order valence-electron chi connectivity index (χ3n) is 2.86. The van der Waals surface area contributed by atoms with Gasteiger partial charge in [0.05, 0.1) is 0 Å². The Hall–Kier alpha value is -1.02. The van der Waals surface area contributed by atoms with Gasteiger partial charge < -0.3 is 11.1 Å². The Bertz CT molecular complexity index is 331. The Kier molecular flexibility index (Phi) is 2.46. The lowest BCUT2D eigenvalue weighted by molar-refractivity contribution is 0.667. The van der Waals surface area contributed by atoms with Gasteiger partial charge in [-0.25, -0.2) is 0 Å². The van der Waals surface area contributed by atoms with Crippen LogP contribution in [0.5, 0.6) is 0 Å². The van der Waals surface area contributed by atoms with E-state index in [1.807, 2.05) is 0 Å². The summed E-state index contributed by atoms with van der Waals surface area (Å²) in [6.07, 6.45) is 1.01. The van der Waals surface area contributed by atoms with Crippen molar-refractivity contribution in [3.05, 3.63) is 29.3 Å². The van der Waals surface area contributed by atoms with E-state index in [1.54, 1.807) is 0 Å². The number of nitrogens with one attached hydrogen (secondary N) is 1. The number of fused-ring (bicyclic) bond motifs is 1. The summed E-state index contributed by atoms with van der Waals surface area (Å²) >= 11 is 0. The zero-order valence-corrected chi connectivity index (χ0v) is 8.88. The molecule has 2 rings (SSSR count). The highest BCUT2D eigenvalue weighted by Crippen LogP contribution is 2.29. The molecule has 0 saturated heterocycles. The molecule has 1 heterocycles. The molecule has 0 aromatic heterocycles. The first-order valence-corrected chi connectivity index (χ1v) is 5.29. The lowest BCUT2D eigenvalue weighted by Gasteiger charge is -2.26. The van der Waals surface area contributed by atoms with Gasteiger partial charge in [-0.3, -0.25) is 0 Å². The predicted octanol–water partition coefficient (Wildman–Crippen LogP) is 2.11. The molecule has 0 unspecified atom stereocenters. The number of anilines is 1. The van der Waals surface area contributed by atoms with Crippen molar-refractivity contribution in [3.63, 3.8) is 0 Å². The second-order valence-corrected chi connectivity index (χ2v) is 4.37. The molecule has 2 nitrogen and oxygen atoms in total. The van der Waals surface area contributed by atoms with Crippen molar-refractivity contribution in [2.45, 2.75) is 32.2 Å². The van der Waals surface area contributed by atoms with Crippen LogP contribution in [0.25, 0.3) is 0 Å². The third-order valence-corrected chi connectivity index (χ3v) is 2.86. The quantitative estimate of drug-likeness (QED) is 0.711. The molecular formula is C12H18N2. The van der Waals surface area contributed by atoms with Gasteiger partial charge in [0.25, 0.3) is 0 Å². The van der Waals surface area contributed by atoms with Gasteiger partial charge in [0.1, 0.15) is 0 Å². The summed E-state index contributed by atoms with van der Waals surface area (Å²) in [4.78, 5) is 0. The summed E-state index contributed by atoms with van der Waals surface area (Å²) in [7, 11) is 0. The normalized spacial score (nSPS) is 20.4. The highest BCUT2D eigenvalue weighted by atomic mass is 14.9. The van der Waals surface area contributed by atoms with Gasteiger partial charge in [-0.05, 0) is 29.5 Å². The second-order valence-electron chi connectivity index (χ2n) is 4.37. The van der Waals surface area contributed by atoms with Crippen LogP contribution in [0.1, 0.15) is 30.9 Å². The summed E-state index contributed by atoms with van der Waals surface area (Å²) in [5, 5.41) is 3.38. The van der Waals surface area contributed by atoms with E-state index in [1.165, 1.54) is 16.8 Å². The summed E-state index contributed by atoms with van der Waals surface area (Å²) < 4.78 is 0. The van der Waals surface area contributed by atoms with Crippen molar-refractivity contribution in [3.8, 4) is 0 Å². The molecule has 2 heteroatoms. The molecule has 1 aromatic rings. The fourth-order valence-corrected chi connectivity index (χ4v) is 2.11. The molecule has 1 aliphatic rings. The molecule has 0 spiro atoms. The molecule has 0 fully saturated rings. The molecule has 0 aliphatic carbocycles. The molecule has 76 valence electrons. The molecule has 14 heavy (non-hydrogen) atoms. The number of hydrogen-bond acceptors (Lipinski definition) is 2. The minimum Gasteiger partial charge on any atom is -0.383 e. The van der Waals surface area contributed by atoms with Crippen LogP contribution in [0.3, 0.4) is 0 Å². The van der Waals surface area contributed by atoms with Gasteiger partial charge in [0.15, 0.2) is 0 Å². The average molecular weight is 190 g/mol. The van der Waals surface area contributed by atoms with Crippen molar-refractivity contribution < 1.29 is 0 Å². The van der Waals surface area contributed by atoms with E-state index in [0.29, 0.717) is 5.92 Å². The van der Waals surface area contributed by atoms with Crippen LogP contribution in [-0.4, -0.2) is 12.6 Å². The topological polar surface area (TPSA) is 38.0 Å². The molecule has 0 amide bonds. The third kappa shape index (κ3) is 1.62. The van der Waals surface area contributed by atoms with Gasteiger partial charge in [-0.2, -0.15) is 0 Å². The Balaban J connectivity index is 2.43. The van der Waals surface area contributed by atoms with Gasteiger partial charge >= 0.3 is 0 Å². The Morgan fingerprint density at radius 2 is 2.21 bits per heavy atom. The average Bonchev–Trinajstić information content (AvgIpc) is 2.16. The van der Waals surface area contributed by atoms with Crippen molar-refractivity contribution >= 4 is 5.69 Å². The largest absolute Gasteiger partial charge is 0.383 e. The van der Waals surface area contributed by atoms with Crippen LogP contribution in [0.15, 0.2) is 18.2 Å². The summed E-state index contributed by atoms with van der Waals surface area (Å²) in [5.41, 5.74) is 10.1. The van der Waals surface area contributed by atoms with E-state index in [2.05, 4.69) is 37.4 Å². The number of nitrogens with two attached hydrogens (primary N) is 1. The zero-order valence-electron chi connectivity index (χ0n) is 8.88. The van der Waals surface area contributed by atoms with Crippen molar-refractivity contribution in [2.24, 2.45) is 5.73 Å². The fraction of sp³-hybridized carbons (Fsp3) is 0.500. The monoisotopic (exact) mass is 190 g/mol. The number of hydrogen-bond donors (Lipinski definition) is 2. The Morgan fingerprint density at radius 3 is 2.93 bits per heavy atom. The SMILES string of the molecule is CC(C)c1cccc2c1C[C@H](N)CN2. The minimum atomic E-state index is 0.266. The van der Waals surface area contributed by atoms with Crippen molar-refractivity contribution in [1.29, 1.82) is 0 Å². The maximum Gasteiger partial charge on any atom is 0.0376 e. The van der Waals surface area contributed by atoms with E-state index in [9.17, 15) is 0 Å². The summed E-state index contributed by atoms with van der Waals surface area (Å²) in [5.74, 6) is 0.581. The standard InChI is InChI=1S/C12H18N2/c1-8(2)10-4-3-5-12-11(10)6-9(13)7-14-12/h3-5,8-9,14H,6-7,13H2,1-2H3/t9-/m0/s1. The molecule has 1 atom stereocenters. The summed E-state index contributed by atoms with van der Waals surface area (Å²) in [6.45, 7) is 5.36. The van der Waals surface area contributed by atoms with Gasteiger partial charge in [-0.15, -0.1) is 0 Å². The maximum atomic E-state index is 5.96. The van der Waals surface area contributed by atoms with Gasteiger partial charge in [0.2, 0.25) is 0 Å². The predicted molar refractivity (Wildman–Crippen MR) is 60.7 cm³/mol.